The fourth-order valence-electron chi connectivity index (χ4n) is 9.71. The lowest BCUT2D eigenvalue weighted by molar-refractivity contribution is -0.167. The molecule has 0 aliphatic carbocycles. The van der Waals surface area contributed by atoms with Crippen molar-refractivity contribution in [2.24, 2.45) is 17.8 Å². The molecule has 0 aromatic rings. The van der Waals surface area contributed by atoms with Crippen molar-refractivity contribution in [3.8, 4) is 0 Å². The topological polar surface area (TPSA) is 78.9 Å². The Bertz CT molecular complexity index is 1070. The zero-order valence-electron chi connectivity index (χ0n) is 47.6. The highest BCUT2D eigenvalue weighted by Gasteiger charge is 2.19. The molecule has 0 N–H and O–H groups in total. The van der Waals surface area contributed by atoms with Gasteiger partial charge in [-0.3, -0.25) is 14.4 Å². The molecule has 0 radical (unpaired) electrons. The van der Waals surface area contributed by atoms with Crippen LogP contribution in [-0.4, -0.2) is 37.2 Å². The molecule has 410 valence electrons. The number of unbranched alkanes of at least 4 members (excludes halogenated alkanes) is 39. The van der Waals surface area contributed by atoms with Gasteiger partial charge in [0, 0.05) is 19.3 Å². The van der Waals surface area contributed by atoms with Crippen molar-refractivity contribution in [1.29, 1.82) is 0 Å². The van der Waals surface area contributed by atoms with Gasteiger partial charge in [0.1, 0.15) is 13.2 Å². The Labute approximate surface area is 431 Å². The average Bonchev–Trinajstić information content (AvgIpc) is 3.31. The maximum Gasteiger partial charge on any atom is 0.306 e. The van der Waals surface area contributed by atoms with Crippen molar-refractivity contribution < 1.29 is 28.6 Å². The zero-order valence-corrected chi connectivity index (χ0v) is 47.6. The summed E-state index contributed by atoms with van der Waals surface area (Å²) in [7, 11) is 0. The van der Waals surface area contributed by atoms with Crippen LogP contribution in [0.3, 0.4) is 0 Å². The summed E-state index contributed by atoms with van der Waals surface area (Å²) in [5.41, 5.74) is 0. The lowest BCUT2D eigenvalue weighted by Crippen LogP contribution is -2.30. The number of hydrogen-bond donors (Lipinski definition) is 0. The molecule has 6 nitrogen and oxygen atoms in total. The quantitative estimate of drug-likeness (QED) is 0.0343. The van der Waals surface area contributed by atoms with Gasteiger partial charge < -0.3 is 14.2 Å². The van der Waals surface area contributed by atoms with Crippen LogP contribution in [0.1, 0.15) is 350 Å². The molecule has 0 bridgehead atoms. The van der Waals surface area contributed by atoms with E-state index in [-0.39, 0.29) is 31.1 Å². The molecule has 0 amide bonds. The Balaban J connectivity index is 4.28. The smallest absolute Gasteiger partial charge is 0.306 e. The Hall–Kier alpha value is -1.59. The van der Waals surface area contributed by atoms with E-state index in [1.165, 1.54) is 231 Å². The molecule has 0 aromatic carbocycles. The second-order valence-corrected chi connectivity index (χ2v) is 23.1. The predicted molar refractivity (Wildman–Crippen MR) is 298 cm³/mol. The molecule has 0 fully saturated rings. The van der Waals surface area contributed by atoms with Crippen LogP contribution in [-0.2, 0) is 28.6 Å². The molecular weight excluding hydrogens is 853 g/mol. The van der Waals surface area contributed by atoms with Crippen molar-refractivity contribution in [1.82, 2.24) is 0 Å². The van der Waals surface area contributed by atoms with Crippen LogP contribution < -0.4 is 0 Å². The van der Waals surface area contributed by atoms with Crippen LogP contribution >= 0.6 is 0 Å². The molecule has 0 rings (SSSR count). The number of carbonyl (C=O) groups is 3. The van der Waals surface area contributed by atoms with Crippen LogP contribution in [0.5, 0.6) is 0 Å². The average molecular weight is 976 g/mol. The standard InChI is InChI=1S/C63H122O6/c1-57(2)49-43-37-31-25-19-14-10-7-8-12-17-23-30-36-42-48-54-63(66)69-60(56-68-62(65)53-47-41-35-29-24-18-21-27-33-39-45-51-59(5)6)55-67-61(64)52-46-40-34-28-22-16-13-9-11-15-20-26-32-38-44-50-58(3)4/h57-60H,7-56H2,1-6H3/t60-/m0/s1. The molecular formula is C63H122O6. The largest absolute Gasteiger partial charge is 0.462 e. The van der Waals surface area contributed by atoms with Gasteiger partial charge in [0.2, 0.25) is 0 Å². The minimum absolute atomic E-state index is 0.0628. The molecule has 0 aromatic heterocycles. The first-order valence-electron chi connectivity index (χ1n) is 31.1. The van der Waals surface area contributed by atoms with Crippen LogP contribution in [0.4, 0.5) is 0 Å². The first-order valence-corrected chi connectivity index (χ1v) is 31.1. The summed E-state index contributed by atoms with van der Waals surface area (Å²) in [5.74, 6) is 1.69. The lowest BCUT2D eigenvalue weighted by Gasteiger charge is -2.18. The van der Waals surface area contributed by atoms with Gasteiger partial charge in [0.25, 0.3) is 0 Å². The summed E-state index contributed by atoms with van der Waals surface area (Å²) in [5, 5.41) is 0. The predicted octanol–water partition coefficient (Wildman–Crippen LogP) is 20.7. The minimum atomic E-state index is -0.764. The summed E-state index contributed by atoms with van der Waals surface area (Å²) in [6, 6.07) is 0. The van der Waals surface area contributed by atoms with Crippen LogP contribution in [0.15, 0.2) is 0 Å². The van der Waals surface area contributed by atoms with Gasteiger partial charge in [-0.25, -0.2) is 0 Å². The van der Waals surface area contributed by atoms with Crippen molar-refractivity contribution in [2.75, 3.05) is 13.2 Å². The normalized spacial score (nSPS) is 12.1. The maximum atomic E-state index is 12.9. The van der Waals surface area contributed by atoms with Crippen molar-refractivity contribution >= 4 is 17.9 Å². The molecule has 0 saturated heterocycles. The fraction of sp³-hybridized carbons (Fsp3) is 0.952. The fourth-order valence-corrected chi connectivity index (χ4v) is 9.71. The molecule has 1 atom stereocenters. The number of hydrogen-bond acceptors (Lipinski definition) is 6. The van der Waals surface area contributed by atoms with E-state index in [0.717, 1.165) is 75.5 Å². The van der Waals surface area contributed by atoms with Crippen molar-refractivity contribution in [3.63, 3.8) is 0 Å². The third kappa shape index (κ3) is 57.2. The van der Waals surface area contributed by atoms with Crippen molar-refractivity contribution in [3.05, 3.63) is 0 Å². The van der Waals surface area contributed by atoms with E-state index in [1.807, 2.05) is 0 Å². The molecule has 0 saturated carbocycles. The van der Waals surface area contributed by atoms with Gasteiger partial charge >= 0.3 is 17.9 Å². The van der Waals surface area contributed by atoms with E-state index < -0.39 is 6.10 Å². The van der Waals surface area contributed by atoms with Crippen LogP contribution in [0.2, 0.25) is 0 Å². The maximum absolute atomic E-state index is 12.9. The highest BCUT2D eigenvalue weighted by atomic mass is 16.6. The van der Waals surface area contributed by atoms with Gasteiger partial charge in [-0.2, -0.15) is 0 Å². The van der Waals surface area contributed by atoms with Gasteiger partial charge in [-0.1, -0.05) is 311 Å². The molecule has 69 heavy (non-hydrogen) atoms. The number of esters is 3. The summed E-state index contributed by atoms with van der Waals surface area (Å²) in [6.45, 7) is 13.8. The van der Waals surface area contributed by atoms with Crippen molar-refractivity contribution in [2.45, 2.75) is 356 Å². The Morgan fingerprint density at radius 3 is 0.623 bits per heavy atom. The highest BCUT2D eigenvalue weighted by molar-refractivity contribution is 5.71. The first-order chi connectivity index (χ1) is 33.6. The van der Waals surface area contributed by atoms with E-state index in [0.29, 0.717) is 19.3 Å². The summed E-state index contributed by atoms with van der Waals surface area (Å²) in [4.78, 5) is 38.3. The van der Waals surface area contributed by atoms with E-state index in [9.17, 15) is 14.4 Å². The molecule has 0 unspecified atom stereocenters. The van der Waals surface area contributed by atoms with E-state index in [4.69, 9.17) is 14.2 Å². The van der Waals surface area contributed by atoms with Gasteiger partial charge in [0.05, 0.1) is 0 Å². The molecule has 0 aliphatic heterocycles. The number of rotatable bonds is 56. The third-order valence-electron chi connectivity index (χ3n) is 14.4. The Morgan fingerprint density at radius 1 is 0.246 bits per heavy atom. The van der Waals surface area contributed by atoms with Gasteiger partial charge in [0.15, 0.2) is 6.10 Å². The monoisotopic (exact) mass is 975 g/mol. The summed E-state index contributed by atoms with van der Waals surface area (Å²) in [6.07, 6.45) is 58.1. The molecule has 0 heterocycles. The highest BCUT2D eigenvalue weighted by Crippen LogP contribution is 2.19. The van der Waals surface area contributed by atoms with E-state index in [1.54, 1.807) is 0 Å². The first kappa shape index (κ1) is 67.4. The lowest BCUT2D eigenvalue weighted by atomic mass is 10.0. The zero-order chi connectivity index (χ0) is 50.5. The summed E-state index contributed by atoms with van der Waals surface area (Å²) >= 11 is 0. The Kier molecular flexibility index (Phi) is 52.9. The van der Waals surface area contributed by atoms with Crippen LogP contribution in [0, 0.1) is 17.8 Å². The second-order valence-electron chi connectivity index (χ2n) is 23.1. The van der Waals surface area contributed by atoms with E-state index in [2.05, 4.69) is 41.5 Å². The van der Waals surface area contributed by atoms with Gasteiger partial charge in [-0.05, 0) is 37.0 Å². The third-order valence-corrected chi connectivity index (χ3v) is 14.4. The molecule has 0 spiro atoms. The number of ether oxygens (including phenoxy) is 3. The SMILES string of the molecule is CC(C)CCCCCCCCCCCCCCCCCCC(=O)O[C@@H](COC(=O)CCCCCCCCCCCCCCCCCC(C)C)COC(=O)CCCCCCCCCCCCCC(C)C. The molecule has 6 heteroatoms. The van der Waals surface area contributed by atoms with E-state index >= 15 is 0 Å². The van der Waals surface area contributed by atoms with Crippen LogP contribution in [0.25, 0.3) is 0 Å². The second kappa shape index (κ2) is 54.2. The number of carbonyl (C=O) groups excluding carboxylic acids is 3. The minimum Gasteiger partial charge on any atom is -0.462 e. The van der Waals surface area contributed by atoms with Gasteiger partial charge in [-0.15, -0.1) is 0 Å². The molecule has 0 aliphatic rings. The summed E-state index contributed by atoms with van der Waals surface area (Å²) < 4.78 is 16.9. The Morgan fingerprint density at radius 2 is 0.420 bits per heavy atom.